The quantitative estimate of drug-likeness (QED) is 0.366. The summed E-state index contributed by atoms with van der Waals surface area (Å²) in [5.41, 5.74) is -2.71. The van der Waals surface area contributed by atoms with E-state index >= 15 is 0 Å². The minimum absolute atomic E-state index is 0.147. The van der Waals surface area contributed by atoms with Crippen molar-refractivity contribution in [1.29, 1.82) is 0 Å². The average Bonchev–Trinajstić information content (AvgIpc) is 2.34. The Bertz CT molecular complexity index is 530. The van der Waals surface area contributed by atoms with Gasteiger partial charge in [0.2, 0.25) is 0 Å². The summed E-state index contributed by atoms with van der Waals surface area (Å²) in [5.74, 6) is -1.07. The number of hydrogen-bond donors (Lipinski definition) is 0. The molecule has 0 unspecified atom stereocenters. The summed E-state index contributed by atoms with van der Waals surface area (Å²) < 4.78 is 42.2. The standard InChI is InChI=1S/C10H7BrF3NO4/c1-19-9(16)6-2-5(10(12,13)14)3-8(15(17)18)7(6)4-11/h2-3H,4H2,1H3. The monoisotopic (exact) mass is 341 g/mol. The second-order valence-corrected chi connectivity index (χ2v) is 3.96. The number of rotatable bonds is 3. The van der Waals surface area contributed by atoms with E-state index in [9.17, 15) is 28.1 Å². The second kappa shape index (κ2) is 5.55. The van der Waals surface area contributed by atoms with Crippen LogP contribution in [0, 0.1) is 10.1 Å². The molecule has 0 amide bonds. The summed E-state index contributed by atoms with van der Waals surface area (Å²) in [4.78, 5) is 21.2. The summed E-state index contributed by atoms with van der Waals surface area (Å²) in [5, 5.41) is 10.6. The molecule has 0 radical (unpaired) electrons. The zero-order chi connectivity index (χ0) is 14.8. The topological polar surface area (TPSA) is 69.4 Å². The van der Waals surface area contributed by atoms with Gasteiger partial charge in [0.1, 0.15) is 0 Å². The van der Waals surface area contributed by atoms with Crippen LogP contribution in [-0.2, 0) is 16.2 Å². The molecule has 5 nitrogen and oxygen atoms in total. The lowest BCUT2D eigenvalue weighted by molar-refractivity contribution is -0.385. The molecule has 0 saturated heterocycles. The fourth-order valence-electron chi connectivity index (χ4n) is 1.42. The number of carbonyl (C=O) groups excluding carboxylic acids is 1. The number of carbonyl (C=O) groups is 1. The molecule has 0 aliphatic heterocycles. The Labute approximate surface area is 113 Å². The van der Waals surface area contributed by atoms with E-state index < -0.39 is 33.9 Å². The van der Waals surface area contributed by atoms with Crippen LogP contribution < -0.4 is 0 Å². The first-order valence-corrected chi connectivity index (χ1v) is 5.87. The lowest BCUT2D eigenvalue weighted by atomic mass is 10.0. The third-order valence-corrected chi connectivity index (χ3v) is 2.85. The molecule has 104 valence electrons. The predicted molar refractivity (Wildman–Crippen MR) is 62.1 cm³/mol. The van der Waals surface area contributed by atoms with Crippen molar-refractivity contribution in [2.24, 2.45) is 0 Å². The van der Waals surface area contributed by atoms with Crippen molar-refractivity contribution < 1.29 is 27.6 Å². The first kappa shape index (κ1) is 15.4. The van der Waals surface area contributed by atoms with Gasteiger partial charge in [-0.15, -0.1) is 0 Å². The van der Waals surface area contributed by atoms with Gasteiger partial charge in [0.05, 0.1) is 28.7 Å². The van der Waals surface area contributed by atoms with Crippen LogP contribution in [0.4, 0.5) is 18.9 Å². The number of nitrogens with zero attached hydrogens (tertiary/aromatic N) is 1. The Morgan fingerprint density at radius 3 is 2.42 bits per heavy atom. The van der Waals surface area contributed by atoms with Gasteiger partial charge in [-0.3, -0.25) is 10.1 Å². The van der Waals surface area contributed by atoms with E-state index in [-0.39, 0.29) is 10.9 Å². The number of halogens is 4. The number of esters is 1. The van der Waals surface area contributed by atoms with Gasteiger partial charge in [0.15, 0.2) is 0 Å². The highest BCUT2D eigenvalue weighted by Crippen LogP contribution is 2.36. The molecule has 0 aromatic heterocycles. The molecule has 0 fully saturated rings. The fourth-order valence-corrected chi connectivity index (χ4v) is 2.01. The van der Waals surface area contributed by atoms with Crippen LogP contribution in [0.5, 0.6) is 0 Å². The van der Waals surface area contributed by atoms with Gasteiger partial charge in [-0.2, -0.15) is 13.2 Å². The first-order chi connectivity index (χ1) is 8.72. The van der Waals surface area contributed by atoms with Crippen LogP contribution in [-0.4, -0.2) is 18.0 Å². The van der Waals surface area contributed by atoms with Gasteiger partial charge >= 0.3 is 12.1 Å². The average molecular weight is 342 g/mol. The lowest BCUT2D eigenvalue weighted by Crippen LogP contribution is -2.13. The Kier molecular flexibility index (Phi) is 4.51. The minimum atomic E-state index is -4.79. The van der Waals surface area contributed by atoms with E-state index in [4.69, 9.17) is 0 Å². The van der Waals surface area contributed by atoms with Crippen molar-refractivity contribution in [3.8, 4) is 0 Å². The molecule has 9 heteroatoms. The number of nitro groups is 1. The first-order valence-electron chi connectivity index (χ1n) is 4.75. The van der Waals surface area contributed by atoms with E-state index in [1.165, 1.54) is 0 Å². The molecule has 0 aliphatic rings. The van der Waals surface area contributed by atoms with Crippen LogP contribution in [0.25, 0.3) is 0 Å². The Hall–Kier alpha value is -1.64. The summed E-state index contributed by atoms with van der Waals surface area (Å²) in [6.07, 6.45) is -4.79. The Morgan fingerprint density at radius 1 is 1.47 bits per heavy atom. The maximum absolute atomic E-state index is 12.6. The van der Waals surface area contributed by atoms with Gasteiger partial charge in [-0.25, -0.2) is 4.79 Å². The Balaban J connectivity index is 3.64. The van der Waals surface area contributed by atoms with E-state index in [0.717, 1.165) is 7.11 Å². The number of nitro benzene ring substituents is 1. The number of hydrogen-bond acceptors (Lipinski definition) is 4. The zero-order valence-electron chi connectivity index (χ0n) is 9.45. The maximum atomic E-state index is 12.6. The van der Waals surface area contributed by atoms with Crippen LogP contribution >= 0.6 is 15.9 Å². The van der Waals surface area contributed by atoms with Crippen LogP contribution in [0.3, 0.4) is 0 Å². The van der Waals surface area contributed by atoms with Crippen molar-refractivity contribution in [3.63, 3.8) is 0 Å². The molecular weight excluding hydrogens is 335 g/mol. The van der Waals surface area contributed by atoms with E-state index in [0.29, 0.717) is 12.1 Å². The minimum Gasteiger partial charge on any atom is -0.465 e. The highest BCUT2D eigenvalue weighted by molar-refractivity contribution is 9.08. The van der Waals surface area contributed by atoms with E-state index in [1.807, 2.05) is 0 Å². The molecule has 0 aliphatic carbocycles. The van der Waals surface area contributed by atoms with Gasteiger partial charge in [-0.05, 0) is 6.07 Å². The second-order valence-electron chi connectivity index (χ2n) is 3.40. The largest absolute Gasteiger partial charge is 0.465 e. The van der Waals surface area contributed by atoms with Crippen LogP contribution in [0.2, 0.25) is 0 Å². The predicted octanol–water partition coefficient (Wildman–Crippen LogP) is 3.30. The molecule has 0 saturated carbocycles. The third kappa shape index (κ3) is 3.22. The molecule has 0 spiro atoms. The number of methoxy groups -OCH3 is 1. The molecular formula is C10H7BrF3NO4. The van der Waals surface area contributed by atoms with Crippen LogP contribution in [0.15, 0.2) is 12.1 Å². The van der Waals surface area contributed by atoms with Crippen molar-refractivity contribution in [2.75, 3.05) is 7.11 Å². The van der Waals surface area contributed by atoms with Crippen molar-refractivity contribution in [1.82, 2.24) is 0 Å². The van der Waals surface area contributed by atoms with Gasteiger partial charge in [0.25, 0.3) is 5.69 Å². The van der Waals surface area contributed by atoms with Crippen molar-refractivity contribution >= 4 is 27.6 Å². The number of alkyl halides is 4. The molecule has 1 rings (SSSR count). The third-order valence-electron chi connectivity index (χ3n) is 2.29. The van der Waals surface area contributed by atoms with E-state index in [2.05, 4.69) is 20.7 Å². The normalized spacial score (nSPS) is 11.2. The Morgan fingerprint density at radius 2 is 2.05 bits per heavy atom. The van der Waals surface area contributed by atoms with Crippen LogP contribution in [0.1, 0.15) is 21.5 Å². The summed E-state index contributed by atoms with van der Waals surface area (Å²) in [6, 6.07) is 0.929. The summed E-state index contributed by atoms with van der Waals surface area (Å²) >= 11 is 2.91. The van der Waals surface area contributed by atoms with Gasteiger partial charge in [0, 0.05) is 11.4 Å². The van der Waals surface area contributed by atoms with E-state index in [1.54, 1.807) is 0 Å². The highest BCUT2D eigenvalue weighted by Gasteiger charge is 2.35. The molecule has 1 aromatic rings. The zero-order valence-corrected chi connectivity index (χ0v) is 11.0. The highest BCUT2D eigenvalue weighted by atomic mass is 79.9. The molecule has 0 atom stereocenters. The van der Waals surface area contributed by atoms with Crippen molar-refractivity contribution in [2.45, 2.75) is 11.5 Å². The van der Waals surface area contributed by atoms with Crippen molar-refractivity contribution in [3.05, 3.63) is 38.9 Å². The summed E-state index contributed by atoms with van der Waals surface area (Å²) in [7, 11) is 0.979. The number of ether oxygens (including phenoxy) is 1. The molecule has 1 aromatic carbocycles. The van der Waals surface area contributed by atoms with Gasteiger partial charge < -0.3 is 4.74 Å². The smallest absolute Gasteiger partial charge is 0.416 e. The lowest BCUT2D eigenvalue weighted by Gasteiger charge is -2.11. The molecule has 0 heterocycles. The molecule has 0 bridgehead atoms. The van der Waals surface area contributed by atoms with Gasteiger partial charge in [-0.1, -0.05) is 15.9 Å². The maximum Gasteiger partial charge on any atom is 0.416 e. The number of benzene rings is 1. The summed E-state index contributed by atoms with van der Waals surface area (Å²) in [6.45, 7) is 0. The SMILES string of the molecule is COC(=O)c1cc(C(F)(F)F)cc([N+](=O)[O-])c1CBr. The fraction of sp³-hybridized carbons (Fsp3) is 0.300. The molecule has 19 heavy (non-hydrogen) atoms. The molecule has 0 N–H and O–H groups in total.